The van der Waals surface area contributed by atoms with Crippen LogP contribution in [-0.4, -0.2) is 45.7 Å². The third-order valence-corrected chi connectivity index (χ3v) is 11.6. The van der Waals surface area contributed by atoms with E-state index in [1.165, 1.54) is 80.3 Å². The molecule has 4 N–H and O–H groups in total. The van der Waals surface area contributed by atoms with Gasteiger partial charge < -0.3 is 15.4 Å². The highest BCUT2D eigenvalue weighted by atomic mass is 32.2. The lowest BCUT2D eigenvalue weighted by Gasteiger charge is -2.14. The molecule has 0 aliphatic carbocycles. The number of carbonyl (C=O) groups is 2. The molecule has 0 aliphatic heterocycles. The number of hydrogen-bond acceptors (Lipinski definition) is 9. The van der Waals surface area contributed by atoms with Gasteiger partial charge in [-0.15, -0.1) is 0 Å². The minimum Gasteiger partial charge on any atom is -0.495 e. The highest BCUT2D eigenvalue weighted by molar-refractivity contribution is 7.93. The molecule has 23 heteroatoms. The minimum atomic E-state index is -4.90. The fraction of sp³-hybridized carbons (Fsp3) is 0.143. The van der Waals surface area contributed by atoms with Gasteiger partial charge in [0.2, 0.25) is 0 Å². The lowest BCUT2D eigenvalue weighted by atomic mass is 10.1. The van der Waals surface area contributed by atoms with Gasteiger partial charge in [-0.25, -0.2) is 25.6 Å². The molecule has 13 nitrogen and oxygen atoms in total. The predicted molar refractivity (Wildman–Crippen MR) is 219 cm³/mol. The lowest BCUT2D eigenvalue weighted by Crippen LogP contribution is -2.26. The Labute approximate surface area is 366 Å². The Balaban J connectivity index is 0.000000244. The average Bonchev–Trinajstić information content (AvgIpc) is 3.24. The lowest BCUT2D eigenvalue weighted by molar-refractivity contribution is -0.140. The number of halogens is 8. The number of anilines is 2. The number of amides is 2. The number of nitrogens with one attached hydrogen (secondary N) is 4. The smallest absolute Gasteiger partial charge is 0.419 e. The van der Waals surface area contributed by atoms with Gasteiger partial charge in [0.15, 0.2) is 0 Å². The van der Waals surface area contributed by atoms with Crippen molar-refractivity contribution in [2.75, 3.05) is 16.6 Å². The number of alkyl halides is 6. The number of aryl methyl sites for hydroxylation is 1. The zero-order valence-corrected chi connectivity index (χ0v) is 35.2. The van der Waals surface area contributed by atoms with Crippen LogP contribution in [0.5, 0.6) is 5.75 Å². The van der Waals surface area contributed by atoms with Gasteiger partial charge in [-0.2, -0.15) is 26.3 Å². The van der Waals surface area contributed by atoms with Crippen molar-refractivity contribution >= 4 is 43.2 Å². The van der Waals surface area contributed by atoms with Crippen molar-refractivity contribution in [2.45, 2.75) is 42.2 Å². The van der Waals surface area contributed by atoms with Crippen molar-refractivity contribution in [1.29, 1.82) is 0 Å². The molecule has 0 fully saturated rings. The second-order valence-electron chi connectivity index (χ2n) is 13.6. The highest BCUT2D eigenvalue weighted by Gasteiger charge is 2.35. The molecule has 0 unspecified atom stereocenters. The zero-order valence-electron chi connectivity index (χ0n) is 33.6. The third kappa shape index (κ3) is 13.0. The Morgan fingerprint density at radius 2 is 1.00 bits per heavy atom. The average molecular weight is 951 g/mol. The molecular weight excluding hydrogens is 917 g/mol. The number of benzene rings is 4. The summed E-state index contributed by atoms with van der Waals surface area (Å²) in [6.45, 7) is 0.974. The summed E-state index contributed by atoms with van der Waals surface area (Å²) in [5, 5.41) is 4.72. The van der Waals surface area contributed by atoms with E-state index in [1.807, 2.05) is 0 Å². The van der Waals surface area contributed by atoms with E-state index in [0.717, 1.165) is 12.1 Å². The Morgan fingerprint density at radius 1 is 0.585 bits per heavy atom. The Kier molecular flexibility index (Phi) is 15.1. The standard InChI is InChI=1S/C21H17F4N3O4S.C21H17F4N3O3S/c1-32-15-9-14(11-26-12-15)28-33(30,31)19-5-3-2-4-16(19)20(29)27-10-13-6-7-18(22)17(8-13)21(23,24)25;1-13-8-15(12-26-10-13)28-32(30,31)19-5-3-2-4-16(19)20(29)27-11-14-6-7-18(22)17(9-14)21(23,24)25/h2-9,11-12,28H,10H2,1H3,(H,27,29);2-10,12,28H,11H2,1H3,(H,27,29). The first-order valence-electron chi connectivity index (χ1n) is 18.4. The number of rotatable bonds is 13. The van der Waals surface area contributed by atoms with Gasteiger partial charge in [-0.3, -0.25) is 29.0 Å². The molecule has 0 aliphatic rings. The van der Waals surface area contributed by atoms with Crippen LogP contribution < -0.4 is 24.8 Å². The van der Waals surface area contributed by atoms with Crippen LogP contribution in [0.4, 0.5) is 46.5 Å². The molecule has 2 aromatic heterocycles. The van der Waals surface area contributed by atoms with Gasteiger partial charge in [0.1, 0.15) is 27.2 Å². The number of methoxy groups -OCH3 is 1. The van der Waals surface area contributed by atoms with Crippen LogP contribution in [0, 0.1) is 18.6 Å². The number of sulfonamides is 2. The van der Waals surface area contributed by atoms with Crippen LogP contribution in [-0.2, 0) is 45.5 Å². The molecule has 65 heavy (non-hydrogen) atoms. The maximum Gasteiger partial charge on any atom is 0.419 e. The summed E-state index contributed by atoms with van der Waals surface area (Å²) in [6, 6.07) is 18.2. The normalized spacial score (nSPS) is 11.7. The van der Waals surface area contributed by atoms with E-state index in [9.17, 15) is 61.5 Å². The highest BCUT2D eigenvalue weighted by Crippen LogP contribution is 2.33. The number of carbonyl (C=O) groups excluding carboxylic acids is 2. The van der Waals surface area contributed by atoms with Gasteiger partial charge in [0.25, 0.3) is 31.9 Å². The first kappa shape index (κ1) is 48.9. The summed E-state index contributed by atoms with van der Waals surface area (Å²) < 4.78 is 165. The fourth-order valence-corrected chi connectivity index (χ4v) is 8.23. The molecule has 342 valence electrons. The summed E-state index contributed by atoms with van der Waals surface area (Å²) in [7, 11) is -7.02. The molecule has 0 saturated heterocycles. The van der Waals surface area contributed by atoms with Crippen LogP contribution in [0.1, 0.15) is 48.5 Å². The van der Waals surface area contributed by atoms with Crippen LogP contribution in [0.15, 0.2) is 132 Å². The van der Waals surface area contributed by atoms with E-state index in [0.29, 0.717) is 35.6 Å². The number of ether oxygens (including phenoxy) is 1. The molecule has 2 amide bonds. The Morgan fingerprint density at radius 3 is 1.42 bits per heavy atom. The molecule has 0 saturated carbocycles. The van der Waals surface area contributed by atoms with E-state index in [1.54, 1.807) is 19.2 Å². The van der Waals surface area contributed by atoms with Crippen LogP contribution >= 0.6 is 0 Å². The molecule has 6 aromatic rings. The van der Waals surface area contributed by atoms with E-state index in [2.05, 4.69) is 30.0 Å². The van der Waals surface area contributed by atoms with Crippen molar-refractivity contribution in [1.82, 2.24) is 20.6 Å². The number of aromatic nitrogens is 2. The van der Waals surface area contributed by atoms with E-state index in [4.69, 9.17) is 4.74 Å². The van der Waals surface area contributed by atoms with E-state index in [-0.39, 0.29) is 56.5 Å². The second-order valence-corrected chi connectivity index (χ2v) is 16.9. The van der Waals surface area contributed by atoms with Gasteiger partial charge >= 0.3 is 12.4 Å². The Hall–Kier alpha value is -7.14. The van der Waals surface area contributed by atoms with Gasteiger partial charge in [-0.1, -0.05) is 36.4 Å². The third-order valence-electron chi connectivity index (χ3n) is 8.75. The molecule has 4 aromatic carbocycles. The fourth-order valence-electron chi connectivity index (χ4n) is 5.75. The van der Waals surface area contributed by atoms with Crippen molar-refractivity contribution in [3.8, 4) is 5.75 Å². The predicted octanol–water partition coefficient (Wildman–Crippen LogP) is 8.26. The summed E-state index contributed by atoms with van der Waals surface area (Å²) >= 11 is 0. The molecular formula is C42H34F8N6O7S2. The maximum atomic E-state index is 13.4. The summed E-state index contributed by atoms with van der Waals surface area (Å²) in [4.78, 5) is 32.3. The zero-order chi connectivity index (χ0) is 47.7. The molecule has 0 spiro atoms. The Bertz CT molecular complexity index is 2940. The molecule has 0 atom stereocenters. The summed E-state index contributed by atoms with van der Waals surface area (Å²) in [5.74, 6) is -4.24. The van der Waals surface area contributed by atoms with E-state index >= 15 is 0 Å². The summed E-state index contributed by atoms with van der Waals surface area (Å²) in [5.41, 5.74) is -2.38. The minimum absolute atomic E-state index is 0.00336. The van der Waals surface area contributed by atoms with Gasteiger partial charge in [0, 0.05) is 25.4 Å². The monoisotopic (exact) mass is 950 g/mol. The maximum absolute atomic E-state index is 13.4. The second kappa shape index (κ2) is 20.1. The van der Waals surface area contributed by atoms with Crippen LogP contribution in [0.25, 0.3) is 0 Å². The number of pyridine rings is 2. The molecule has 2 heterocycles. The largest absolute Gasteiger partial charge is 0.495 e. The van der Waals surface area contributed by atoms with Crippen LogP contribution in [0.3, 0.4) is 0 Å². The first-order valence-corrected chi connectivity index (χ1v) is 21.4. The van der Waals surface area contributed by atoms with Crippen molar-refractivity contribution in [2.24, 2.45) is 0 Å². The quantitative estimate of drug-likeness (QED) is 0.0828. The van der Waals surface area contributed by atoms with Crippen molar-refractivity contribution < 1.29 is 66.3 Å². The van der Waals surface area contributed by atoms with Crippen molar-refractivity contribution in [3.63, 3.8) is 0 Å². The topological polar surface area (TPSA) is 186 Å². The van der Waals surface area contributed by atoms with E-state index < -0.39 is 67.0 Å². The summed E-state index contributed by atoms with van der Waals surface area (Å²) in [6.07, 6.45) is -4.32. The number of hydrogen-bond donors (Lipinski definition) is 4. The molecule has 6 rings (SSSR count). The van der Waals surface area contributed by atoms with Crippen molar-refractivity contribution in [3.05, 3.63) is 172 Å². The first-order chi connectivity index (χ1) is 30.5. The SMILES string of the molecule is COc1cncc(NS(=O)(=O)c2ccccc2C(=O)NCc2ccc(F)c(C(F)(F)F)c2)c1.Cc1cncc(NS(=O)(=O)c2ccccc2C(=O)NCc2ccc(F)c(C(F)(F)F)c2)c1. The number of nitrogens with zero attached hydrogens (tertiary/aromatic N) is 2. The van der Waals surface area contributed by atoms with Crippen LogP contribution in [0.2, 0.25) is 0 Å². The van der Waals surface area contributed by atoms with Gasteiger partial charge in [0.05, 0.1) is 59.3 Å². The van der Waals surface area contributed by atoms with Gasteiger partial charge in [-0.05, 0) is 78.2 Å². The molecule has 0 bridgehead atoms. The molecule has 0 radical (unpaired) electrons.